The van der Waals surface area contributed by atoms with Crippen LogP contribution in [0.2, 0.25) is 0 Å². The number of nitrogens with zero attached hydrogens (tertiary/aromatic N) is 1. The molecule has 1 unspecified atom stereocenters. The summed E-state index contributed by atoms with van der Waals surface area (Å²) >= 11 is 0. The van der Waals surface area contributed by atoms with Gasteiger partial charge in [0.1, 0.15) is 5.75 Å². The molecule has 0 aliphatic carbocycles. The minimum atomic E-state index is -2.59. The number of halogens is 2. The van der Waals surface area contributed by atoms with E-state index < -0.39 is 13.0 Å². The van der Waals surface area contributed by atoms with Gasteiger partial charge in [-0.3, -0.25) is 4.79 Å². The number of alkyl halides is 2. The van der Waals surface area contributed by atoms with Crippen molar-refractivity contribution in [2.24, 2.45) is 5.92 Å². The molecule has 1 radical (unpaired) electrons. The van der Waals surface area contributed by atoms with Crippen molar-refractivity contribution in [3.8, 4) is 5.75 Å². The van der Waals surface area contributed by atoms with Crippen molar-refractivity contribution >= 4 is 11.6 Å². The Bertz CT molecular complexity index is 607. The number of ether oxygens (including phenoxy) is 2. The average Bonchev–Trinajstić information content (AvgIpc) is 2.50. The molecule has 0 saturated heterocycles. The molecule has 129 valence electrons. The molecule has 7 heteroatoms. The molecule has 1 aromatic rings. The molecule has 1 amide bonds. The Labute approximate surface area is 166 Å². The maximum absolute atomic E-state index is 12.8. The first-order chi connectivity index (χ1) is 10.9. The van der Waals surface area contributed by atoms with Crippen LogP contribution in [0.4, 0.5) is 8.78 Å². The Hall–Kier alpha value is -0.846. The summed E-state index contributed by atoms with van der Waals surface area (Å²) in [5.74, 6) is -0.00936. The van der Waals surface area contributed by atoms with Crippen LogP contribution in [0, 0.1) is 18.9 Å². The number of allylic oxidation sites excluding steroid dienone is 1. The summed E-state index contributed by atoms with van der Waals surface area (Å²) in [6, 6.07) is 5.26. The largest absolute Gasteiger partial charge is 0.468 e. The Morgan fingerprint density at radius 2 is 2.12 bits per heavy atom. The molecule has 4 nitrogen and oxygen atoms in total. The summed E-state index contributed by atoms with van der Waals surface area (Å²) in [4.78, 5) is 13.4. The van der Waals surface area contributed by atoms with Gasteiger partial charge in [0.15, 0.2) is 6.79 Å². The van der Waals surface area contributed by atoms with Crippen molar-refractivity contribution in [1.82, 2.24) is 4.90 Å². The molecule has 1 atom stereocenters. The molecular weight excluding hydrogens is 393 g/mol. The number of methoxy groups -OCH3 is 1. The van der Waals surface area contributed by atoms with Gasteiger partial charge in [-0.2, -0.15) is 0 Å². The first-order valence-corrected chi connectivity index (χ1v) is 7.37. The molecule has 0 fully saturated rings. The van der Waals surface area contributed by atoms with E-state index in [4.69, 9.17) is 9.47 Å². The Kier molecular flexibility index (Phi) is 8.47. The smallest absolute Gasteiger partial charge is 0.256 e. The Morgan fingerprint density at radius 3 is 2.71 bits per heavy atom. The minimum Gasteiger partial charge on any atom is -0.468 e. The molecule has 1 aromatic carbocycles. The van der Waals surface area contributed by atoms with E-state index in [1.807, 2.05) is 6.92 Å². The fourth-order valence-electron chi connectivity index (χ4n) is 2.49. The molecule has 0 spiro atoms. The number of hydrogen-bond donors (Lipinski definition) is 0. The van der Waals surface area contributed by atoms with Crippen LogP contribution >= 0.6 is 0 Å². The second-order valence-corrected chi connectivity index (χ2v) is 5.50. The molecule has 24 heavy (non-hydrogen) atoms. The molecule has 0 bridgehead atoms. The van der Waals surface area contributed by atoms with E-state index in [0.29, 0.717) is 23.4 Å². The second kappa shape index (κ2) is 9.59. The van der Waals surface area contributed by atoms with E-state index in [1.54, 1.807) is 25.1 Å². The van der Waals surface area contributed by atoms with Crippen LogP contribution in [0.5, 0.6) is 5.75 Å². The summed E-state index contributed by atoms with van der Waals surface area (Å²) in [6.07, 6.45) is 0.931. The van der Waals surface area contributed by atoms with Gasteiger partial charge in [0.05, 0.1) is 6.54 Å². The zero-order chi connectivity index (χ0) is 17.0. The number of benzene rings is 1. The van der Waals surface area contributed by atoms with E-state index in [2.05, 4.69) is 6.08 Å². The third kappa shape index (κ3) is 5.07. The van der Waals surface area contributed by atoms with Crippen LogP contribution in [-0.2, 0) is 42.2 Å². The monoisotopic (exact) mass is 413 g/mol. The van der Waals surface area contributed by atoms with E-state index >= 15 is 0 Å². The zero-order valence-electron chi connectivity index (χ0n) is 14.0. The molecular formula is C17H20F2NO3Y-. The topological polar surface area (TPSA) is 38.8 Å². The molecule has 1 aliphatic heterocycles. The molecule has 1 aliphatic rings. The maximum atomic E-state index is 12.8. The van der Waals surface area contributed by atoms with Crippen LogP contribution in [0.25, 0.3) is 5.70 Å². The van der Waals surface area contributed by atoms with Crippen molar-refractivity contribution in [1.29, 1.82) is 0 Å². The van der Waals surface area contributed by atoms with Gasteiger partial charge in [0.25, 0.3) is 6.43 Å². The van der Waals surface area contributed by atoms with Crippen molar-refractivity contribution in [3.63, 3.8) is 0 Å². The van der Waals surface area contributed by atoms with Crippen LogP contribution in [-0.4, -0.2) is 37.7 Å². The summed E-state index contributed by atoms with van der Waals surface area (Å²) in [5.41, 5.74) is 1.95. The second-order valence-electron chi connectivity index (χ2n) is 5.50. The predicted octanol–water partition coefficient (Wildman–Crippen LogP) is 3.25. The third-order valence-electron chi connectivity index (χ3n) is 3.65. The van der Waals surface area contributed by atoms with E-state index in [9.17, 15) is 13.6 Å². The van der Waals surface area contributed by atoms with Crippen LogP contribution in [0.3, 0.4) is 0 Å². The van der Waals surface area contributed by atoms with Gasteiger partial charge < -0.3 is 14.4 Å². The molecule has 2 rings (SSSR count). The number of amides is 1. The van der Waals surface area contributed by atoms with Gasteiger partial charge in [-0.25, -0.2) is 14.9 Å². The molecule has 0 aromatic heterocycles. The van der Waals surface area contributed by atoms with Crippen LogP contribution in [0.1, 0.15) is 24.5 Å². The van der Waals surface area contributed by atoms with Gasteiger partial charge in [-0.15, -0.1) is 22.9 Å². The van der Waals surface area contributed by atoms with E-state index in [-0.39, 0.29) is 51.3 Å². The third-order valence-corrected chi connectivity index (χ3v) is 3.65. The Morgan fingerprint density at radius 1 is 1.42 bits per heavy atom. The SMILES string of the molecule is COCOc1ccc(C2=[C-]CC(C)C(=O)N2CC(F)F)c(C)c1.[Y]. The summed E-state index contributed by atoms with van der Waals surface area (Å²) in [7, 11) is 1.53. The minimum absolute atomic E-state index is 0. The Balaban J connectivity index is 0.00000288. The van der Waals surface area contributed by atoms with E-state index in [0.717, 1.165) is 10.5 Å². The first-order valence-electron chi connectivity index (χ1n) is 7.37. The summed E-state index contributed by atoms with van der Waals surface area (Å²) in [5, 5.41) is 0. The maximum Gasteiger partial charge on any atom is 0.256 e. The van der Waals surface area contributed by atoms with Gasteiger partial charge in [0.2, 0.25) is 5.91 Å². The van der Waals surface area contributed by atoms with Crippen molar-refractivity contribution in [2.45, 2.75) is 26.7 Å². The normalized spacial score (nSPS) is 17.6. The van der Waals surface area contributed by atoms with Crippen LogP contribution in [0.15, 0.2) is 18.2 Å². The fraction of sp³-hybridized carbons (Fsp3) is 0.471. The molecule has 0 N–H and O–H groups in total. The molecule has 1 heterocycles. The first kappa shape index (κ1) is 21.2. The van der Waals surface area contributed by atoms with Gasteiger partial charge in [-0.05, 0) is 12.1 Å². The fourth-order valence-corrected chi connectivity index (χ4v) is 2.49. The van der Waals surface area contributed by atoms with Crippen molar-refractivity contribution in [2.75, 3.05) is 20.4 Å². The summed E-state index contributed by atoms with van der Waals surface area (Å²) < 4.78 is 35.9. The number of carbonyl (C=O) groups excluding carboxylic acids is 1. The van der Waals surface area contributed by atoms with Crippen molar-refractivity contribution < 1.29 is 55.8 Å². The van der Waals surface area contributed by atoms with Gasteiger partial charge in [-0.1, -0.05) is 20.3 Å². The standard InChI is InChI=1S/C17H20F2NO3.Y/c1-11-4-7-15(20(17(11)21)9-16(18)19)14-6-5-13(8-12(14)2)23-10-22-3;/h5-6,8,11,16H,4,9-10H2,1-3H3;/q-1;. The number of aryl methyl sites for hydroxylation is 1. The number of hydrogen-bond acceptors (Lipinski definition) is 3. The summed E-state index contributed by atoms with van der Waals surface area (Å²) in [6.45, 7) is 3.07. The average molecular weight is 413 g/mol. The quantitative estimate of drug-likeness (QED) is 0.531. The zero-order valence-corrected chi connectivity index (χ0v) is 16.9. The van der Waals surface area contributed by atoms with Crippen molar-refractivity contribution in [3.05, 3.63) is 35.4 Å². The van der Waals surface area contributed by atoms with Gasteiger partial charge in [0, 0.05) is 45.7 Å². The number of carbonyl (C=O) groups is 1. The van der Waals surface area contributed by atoms with Gasteiger partial charge >= 0.3 is 0 Å². The molecule has 0 saturated carbocycles. The van der Waals surface area contributed by atoms with E-state index in [1.165, 1.54) is 7.11 Å². The predicted molar refractivity (Wildman–Crippen MR) is 81.8 cm³/mol. The number of rotatable bonds is 6. The van der Waals surface area contributed by atoms with Crippen LogP contribution < -0.4 is 4.74 Å².